The predicted molar refractivity (Wildman–Crippen MR) is 110 cm³/mol. The molecule has 0 unspecified atom stereocenters. The Hall–Kier alpha value is -3.32. The van der Waals surface area contributed by atoms with Crippen LogP contribution in [0.1, 0.15) is 29.2 Å². The SMILES string of the molecule is O=C(Nc1cc(N2CCCC2=O)ccc1Cl)c1ccc(COc2ccccc2F)o1. The van der Waals surface area contributed by atoms with Crippen molar-refractivity contribution in [2.75, 3.05) is 16.8 Å². The summed E-state index contributed by atoms with van der Waals surface area (Å²) < 4.78 is 24.5. The summed E-state index contributed by atoms with van der Waals surface area (Å²) in [6, 6.07) is 14.1. The molecule has 0 aliphatic carbocycles. The van der Waals surface area contributed by atoms with E-state index in [9.17, 15) is 14.0 Å². The van der Waals surface area contributed by atoms with Gasteiger partial charge < -0.3 is 19.4 Å². The van der Waals surface area contributed by atoms with Gasteiger partial charge in [0.15, 0.2) is 17.3 Å². The topological polar surface area (TPSA) is 71.8 Å². The molecule has 0 spiro atoms. The lowest BCUT2D eigenvalue weighted by Crippen LogP contribution is -2.23. The maximum Gasteiger partial charge on any atom is 0.291 e. The Morgan fingerprint density at radius 2 is 2.03 bits per heavy atom. The normalized spacial score (nSPS) is 13.5. The molecular formula is C22H18ClFN2O4. The largest absolute Gasteiger partial charge is 0.483 e. The van der Waals surface area contributed by atoms with Crippen molar-refractivity contribution in [2.24, 2.45) is 0 Å². The highest BCUT2D eigenvalue weighted by molar-refractivity contribution is 6.34. The van der Waals surface area contributed by atoms with E-state index in [1.54, 1.807) is 41.3 Å². The van der Waals surface area contributed by atoms with E-state index in [0.29, 0.717) is 35.1 Å². The van der Waals surface area contributed by atoms with Crippen molar-refractivity contribution < 1.29 is 23.1 Å². The number of halogens is 2. The van der Waals surface area contributed by atoms with Crippen molar-refractivity contribution in [3.8, 4) is 5.75 Å². The van der Waals surface area contributed by atoms with Crippen LogP contribution in [0.4, 0.5) is 15.8 Å². The summed E-state index contributed by atoms with van der Waals surface area (Å²) in [5, 5.41) is 3.04. The van der Waals surface area contributed by atoms with Crippen molar-refractivity contribution in [2.45, 2.75) is 19.4 Å². The third-order valence-corrected chi connectivity index (χ3v) is 5.00. The fraction of sp³-hybridized carbons (Fsp3) is 0.182. The van der Waals surface area contributed by atoms with Crippen LogP contribution in [0, 0.1) is 5.82 Å². The summed E-state index contributed by atoms with van der Waals surface area (Å²) in [6.45, 7) is 0.610. The number of carbonyl (C=O) groups excluding carboxylic acids is 2. The van der Waals surface area contributed by atoms with E-state index in [1.807, 2.05) is 0 Å². The lowest BCUT2D eigenvalue weighted by molar-refractivity contribution is -0.117. The Labute approximate surface area is 177 Å². The van der Waals surface area contributed by atoms with E-state index in [2.05, 4.69) is 5.32 Å². The van der Waals surface area contributed by atoms with Crippen LogP contribution < -0.4 is 15.0 Å². The second-order valence-electron chi connectivity index (χ2n) is 6.75. The van der Waals surface area contributed by atoms with Gasteiger partial charge in [0.2, 0.25) is 5.91 Å². The molecule has 6 nitrogen and oxygen atoms in total. The molecule has 2 heterocycles. The molecule has 1 N–H and O–H groups in total. The third kappa shape index (κ3) is 4.31. The van der Waals surface area contributed by atoms with E-state index in [0.717, 1.165) is 6.42 Å². The van der Waals surface area contributed by atoms with E-state index in [-0.39, 0.29) is 24.0 Å². The molecule has 0 radical (unpaired) electrons. The van der Waals surface area contributed by atoms with E-state index < -0.39 is 11.7 Å². The van der Waals surface area contributed by atoms with Gasteiger partial charge in [-0.25, -0.2) is 4.39 Å². The van der Waals surface area contributed by atoms with Crippen molar-refractivity contribution in [3.05, 3.63) is 77.0 Å². The summed E-state index contributed by atoms with van der Waals surface area (Å²) in [4.78, 5) is 26.2. The van der Waals surface area contributed by atoms with Crippen LogP contribution in [-0.4, -0.2) is 18.4 Å². The summed E-state index contributed by atoms with van der Waals surface area (Å²) in [7, 11) is 0. The highest BCUT2D eigenvalue weighted by atomic mass is 35.5. The standard InChI is InChI=1S/C22H18ClFN2O4/c23-16-9-7-14(26-11-3-6-21(26)27)12-18(16)25-22(28)20-10-8-15(30-20)13-29-19-5-2-1-4-17(19)24/h1-2,4-5,7-10,12H,3,6,11,13H2,(H,25,28). The van der Waals surface area contributed by atoms with Crippen LogP contribution in [0.3, 0.4) is 0 Å². The maximum absolute atomic E-state index is 13.6. The first-order valence-corrected chi connectivity index (χ1v) is 9.76. The average Bonchev–Trinajstić information content (AvgIpc) is 3.38. The molecule has 2 aromatic carbocycles. The summed E-state index contributed by atoms with van der Waals surface area (Å²) in [5.74, 6) is -0.418. The lowest BCUT2D eigenvalue weighted by atomic mass is 10.2. The molecule has 30 heavy (non-hydrogen) atoms. The zero-order valence-corrected chi connectivity index (χ0v) is 16.6. The van der Waals surface area contributed by atoms with Gasteiger partial charge in [0.25, 0.3) is 5.91 Å². The monoisotopic (exact) mass is 428 g/mol. The Morgan fingerprint density at radius 3 is 2.80 bits per heavy atom. The van der Waals surface area contributed by atoms with E-state index in [1.165, 1.54) is 18.2 Å². The molecule has 154 valence electrons. The van der Waals surface area contributed by atoms with Crippen LogP contribution in [-0.2, 0) is 11.4 Å². The van der Waals surface area contributed by atoms with Crippen LogP contribution in [0.15, 0.2) is 59.0 Å². The number of rotatable bonds is 6. The number of amides is 2. The van der Waals surface area contributed by atoms with Gasteiger partial charge in [-0.2, -0.15) is 0 Å². The number of hydrogen-bond acceptors (Lipinski definition) is 4. The molecule has 0 saturated carbocycles. The first kappa shape index (κ1) is 20.0. The predicted octanol–water partition coefficient (Wildman–Crippen LogP) is 5.03. The van der Waals surface area contributed by atoms with E-state index >= 15 is 0 Å². The van der Waals surface area contributed by atoms with Gasteiger partial charge in [-0.3, -0.25) is 9.59 Å². The van der Waals surface area contributed by atoms with Crippen molar-refractivity contribution in [1.29, 1.82) is 0 Å². The Balaban J connectivity index is 1.43. The molecule has 2 amide bonds. The highest BCUT2D eigenvalue weighted by Gasteiger charge is 2.23. The van der Waals surface area contributed by atoms with Gasteiger partial charge in [0, 0.05) is 18.7 Å². The summed E-state index contributed by atoms with van der Waals surface area (Å²) in [5.41, 5.74) is 1.05. The van der Waals surface area contributed by atoms with Gasteiger partial charge in [-0.15, -0.1) is 0 Å². The zero-order chi connectivity index (χ0) is 21.1. The molecule has 0 atom stereocenters. The number of para-hydroxylation sites is 1. The first-order chi connectivity index (χ1) is 14.5. The van der Waals surface area contributed by atoms with Gasteiger partial charge >= 0.3 is 0 Å². The minimum absolute atomic E-state index is 0.0263. The molecule has 1 saturated heterocycles. The molecular weight excluding hydrogens is 411 g/mol. The molecule has 3 aromatic rings. The van der Waals surface area contributed by atoms with Crippen molar-refractivity contribution >= 4 is 34.8 Å². The molecule has 4 rings (SSSR count). The second-order valence-corrected chi connectivity index (χ2v) is 7.16. The molecule has 1 aliphatic heterocycles. The second kappa shape index (κ2) is 8.59. The molecule has 8 heteroatoms. The van der Waals surface area contributed by atoms with Crippen molar-refractivity contribution in [1.82, 2.24) is 0 Å². The maximum atomic E-state index is 13.6. The number of ether oxygens (including phenoxy) is 1. The average molecular weight is 429 g/mol. The Morgan fingerprint density at radius 1 is 1.20 bits per heavy atom. The van der Waals surface area contributed by atoms with Gasteiger partial charge in [0.05, 0.1) is 10.7 Å². The van der Waals surface area contributed by atoms with Gasteiger partial charge in [-0.1, -0.05) is 23.7 Å². The Bertz CT molecular complexity index is 1100. The van der Waals surface area contributed by atoms with Crippen LogP contribution in [0.25, 0.3) is 0 Å². The number of benzene rings is 2. The van der Waals surface area contributed by atoms with E-state index in [4.69, 9.17) is 20.8 Å². The number of nitrogens with one attached hydrogen (secondary N) is 1. The quantitative estimate of drug-likeness (QED) is 0.597. The molecule has 1 aromatic heterocycles. The first-order valence-electron chi connectivity index (χ1n) is 9.38. The van der Waals surface area contributed by atoms with Crippen LogP contribution in [0.2, 0.25) is 5.02 Å². The Kier molecular flexibility index (Phi) is 5.72. The number of furan rings is 1. The van der Waals surface area contributed by atoms with Gasteiger partial charge in [0.1, 0.15) is 12.4 Å². The number of carbonyl (C=O) groups is 2. The minimum Gasteiger partial charge on any atom is -0.483 e. The molecule has 0 bridgehead atoms. The van der Waals surface area contributed by atoms with Crippen LogP contribution >= 0.6 is 11.6 Å². The van der Waals surface area contributed by atoms with Crippen LogP contribution in [0.5, 0.6) is 5.75 Å². The highest BCUT2D eigenvalue weighted by Crippen LogP contribution is 2.30. The van der Waals surface area contributed by atoms with Crippen molar-refractivity contribution in [3.63, 3.8) is 0 Å². The molecule has 1 fully saturated rings. The summed E-state index contributed by atoms with van der Waals surface area (Å²) >= 11 is 6.20. The summed E-state index contributed by atoms with van der Waals surface area (Å²) in [6.07, 6.45) is 1.31. The number of anilines is 2. The number of nitrogens with zero attached hydrogens (tertiary/aromatic N) is 1. The number of hydrogen-bond donors (Lipinski definition) is 1. The lowest BCUT2D eigenvalue weighted by Gasteiger charge is -2.17. The van der Waals surface area contributed by atoms with Gasteiger partial charge in [-0.05, 0) is 48.9 Å². The fourth-order valence-electron chi connectivity index (χ4n) is 3.17. The smallest absolute Gasteiger partial charge is 0.291 e. The minimum atomic E-state index is -0.501. The molecule has 1 aliphatic rings. The fourth-order valence-corrected chi connectivity index (χ4v) is 3.33. The third-order valence-electron chi connectivity index (χ3n) is 4.68. The zero-order valence-electron chi connectivity index (χ0n) is 15.9.